The third kappa shape index (κ3) is 3.19. The van der Waals surface area contributed by atoms with E-state index < -0.39 is 18.3 Å². The predicted molar refractivity (Wildman–Crippen MR) is 101 cm³/mol. The van der Waals surface area contributed by atoms with E-state index in [9.17, 15) is 0 Å². The lowest BCUT2D eigenvalue weighted by Crippen LogP contribution is -2.41. The molecule has 1 aliphatic rings. The standard InChI is InChI=1S/C18H27BN4O3/c1-11-9-22-23(7)15(11)12(2)24-14-8-13(10-21-16(14)20)19-25-17(3,4)18(5,6)26-19/h8-10,12H,1-7H3,(H2,20,21). The highest BCUT2D eigenvalue weighted by Gasteiger charge is 2.52. The van der Waals surface area contributed by atoms with E-state index >= 15 is 0 Å². The number of nitrogen functional groups attached to an aromatic ring is 1. The molecular weight excluding hydrogens is 331 g/mol. The van der Waals surface area contributed by atoms with Crippen LogP contribution in [0.15, 0.2) is 18.5 Å². The van der Waals surface area contributed by atoms with Crippen molar-refractivity contribution in [3.8, 4) is 5.75 Å². The molecule has 0 radical (unpaired) electrons. The van der Waals surface area contributed by atoms with Crippen LogP contribution in [0.25, 0.3) is 0 Å². The summed E-state index contributed by atoms with van der Waals surface area (Å²) in [5, 5.41) is 4.26. The van der Waals surface area contributed by atoms with Crippen LogP contribution >= 0.6 is 0 Å². The van der Waals surface area contributed by atoms with Crippen molar-refractivity contribution in [2.24, 2.45) is 7.05 Å². The number of rotatable bonds is 4. The summed E-state index contributed by atoms with van der Waals surface area (Å²) in [6, 6.07) is 1.84. The van der Waals surface area contributed by atoms with E-state index in [0.717, 1.165) is 16.7 Å². The van der Waals surface area contributed by atoms with Gasteiger partial charge < -0.3 is 19.8 Å². The van der Waals surface area contributed by atoms with Gasteiger partial charge in [-0.05, 0) is 53.2 Å². The Morgan fingerprint density at radius 3 is 2.35 bits per heavy atom. The van der Waals surface area contributed by atoms with Gasteiger partial charge in [0.05, 0.1) is 23.1 Å². The van der Waals surface area contributed by atoms with Gasteiger partial charge in [0.25, 0.3) is 0 Å². The van der Waals surface area contributed by atoms with Gasteiger partial charge in [-0.25, -0.2) is 4.98 Å². The zero-order valence-electron chi connectivity index (χ0n) is 16.5. The van der Waals surface area contributed by atoms with Crippen molar-refractivity contribution in [2.75, 3.05) is 5.73 Å². The molecule has 0 bridgehead atoms. The Morgan fingerprint density at radius 2 is 1.81 bits per heavy atom. The predicted octanol–water partition coefficient (Wildman–Crippen LogP) is 2.14. The second-order valence-electron chi connectivity index (χ2n) is 7.84. The quantitative estimate of drug-likeness (QED) is 0.843. The monoisotopic (exact) mass is 358 g/mol. The van der Waals surface area contributed by atoms with Gasteiger partial charge in [-0.2, -0.15) is 5.10 Å². The Hall–Kier alpha value is -2.06. The molecule has 0 aliphatic carbocycles. The molecule has 0 spiro atoms. The van der Waals surface area contributed by atoms with Crippen LogP contribution in [-0.4, -0.2) is 33.1 Å². The summed E-state index contributed by atoms with van der Waals surface area (Å²) < 4.78 is 20.1. The highest BCUT2D eigenvalue weighted by Crippen LogP contribution is 2.37. The van der Waals surface area contributed by atoms with Crippen molar-refractivity contribution in [1.29, 1.82) is 0 Å². The zero-order chi connectivity index (χ0) is 19.3. The van der Waals surface area contributed by atoms with Crippen molar-refractivity contribution in [1.82, 2.24) is 14.8 Å². The van der Waals surface area contributed by atoms with Crippen molar-refractivity contribution in [3.63, 3.8) is 0 Å². The molecule has 2 aromatic heterocycles. The van der Waals surface area contributed by atoms with E-state index in [4.69, 9.17) is 19.8 Å². The number of anilines is 1. The van der Waals surface area contributed by atoms with Crippen LogP contribution in [0.2, 0.25) is 0 Å². The summed E-state index contributed by atoms with van der Waals surface area (Å²) in [6.07, 6.45) is 3.27. The summed E-state index contributed by atoms with van der Waals surface area (Å²) in [5.41, 5.74) is 8.03. The lowest BCUT2D eigenvalue weighted by Gasteiger charge is -2.32. The Morgan fingerprint density at radius 1 is 1.19 bits per heavy atom. The van der Waals surface area contributed by atoms with Gasteiger partial charge in [-0.1, -0.05) is 0 Å². The fourth-order valence-electron chi connectivity index (χ4n) is 3.06. The van der Waals surface area contributed by atoms with Crippen LogP contribution in [0, 0.1) is 6.92 Å². The largest absolute Gasteiger partial charge is 0.496 e. The second kappa shape index (κ2) is 6.28. The highest BCUT2D eigenvalue weighted by molar-refractivity contribution is 6.62. The minimum Gasteiger partial charge on any atom is -0.481 e. The van der Waals surface area contributed by atoms with Crippen molar-refractivity contribution in [3.05, 3.63) is 29.7 Å². The molecule has 0 aromatic carbocycles. The van der Waals surface area contributed by atoms with E-state index in [1.165, 1.54) is 0 Å². The van der Waals surface area contributed by atoms with Crippen LogP contribution in [0.1, 0.15) is 52.0 Å². The number of hydrogen-bond acceptors (Lipinski definition) is 6. The van der Waals surface area contributed by atoms with Gasteiger partial charge in [0.2, 0.25) is 0 Å². The Labute approximate surface area is 155 Å². The first kappa shape index (κ1) is 18.7. The lowest BCUT2D eigenvalue weighted by molar-refractivity contribution is 0.00578. The molecule has 8 heteroatoms. The van der Waals surface area contributed by atoms with Crippen LogP contribution in [0.4, 0.5) is 5.82 Å². The van der Waals surface area contributed by atoms with Crippen LogP contribution in [0.5, 0.6) is 5.75 Å². The molecule has 1 unspecified atom stereocenters. The molecule has 1 aliphatic heterocycles. The molecular formula is C18H27BN4O3. The second-order valence-corrected chi connectivity index (χ2v) is 7.84. The fourth-order valence-corrected chi connectivity index (χ4v) is 3.06. The van der Waals surface area contributed by atoms with Crippen LogP contribution < -0.4 is 15.9 Å². The fraction of sp³-hybridized carbons (Fsp3) is 0.556. The maximum absolute atomic E-state index is 6.10. The number of nitrogens with zero attached hydrogens (tertiary/aromatic N) is 3. The van der Waals surface area contributed by atoms with Crippen molar-refractivity contribution >= 4 is 18.4 Å². The van der Waals surface area contributed by atoms with E-state index in [-0.39, 0.29) is 6.10 Å². The number of ether oxygens (including phenoxy) is 1. The van der Waals surface area contributed by atoms with Crippen LogP contribution in [0.3, 0.4) is 0 Å². The van der Waals surface area contributed by atoms with Crippen molar-refractivity contribution in [2.45, 2.75) is 58.8 Å². The van der Waals surface area contributed by atoms with Gasteiger partial charge in [0, 0.05) is 18.7 Å². The molecule has 2 N–H and O–H groups in total. The minimum atomic E-state index is -0.510. The van der Waals surface area contributed by atoms with Crippen molar-refractivity contribution < 1.29 is 14.0 Å². The number of aryl methyl sites for hydroxylation is 2. The zero-order valence-corrected chi connectivity index (χ0v) is 16.5. The molecule has 26 heavy (non-hydrogen) atoms. The summed E-state index contributed by atoms with van der Waals surface area (Å²) >= 11 is 0. The van der Waals surface area contributed by atoms with E-state index in [0.29, 0.717) is 11.6 Å². The van der Waals surface area contributed by atoms with Gasteiger partial charge in [-0.15, -0.1) is 0 Å². The number of pyridine rings is 1. The Kier molecular flexibility index (Phi) is 4.52. The molecule has 0 amide bonds. The maximum Gasteiger partial charge on any atom is 0.496 e. The topological polar surface area (TPSA) is 84.4 Å². The van der Waals surface area contributed by atoms with E-state index in [2.05, 4.69) is 10.1 Å². The number of hydrogen-bond donors (Lipinski definition) is 1. The molecule has 3 heterocycles. The number of nitrogens with two attached hydrogens (primary N) is 1. The van der Waals surface area contributed by atoms with Gasteiger partial charge >= 0.3 is 7.12 Å². The first-order chi connectivity index (χ1) is 12.0. The Balaban J connectivity index is 1.85. The molecule has 7 nitrogen and oxygen atoms in total. The molecule has 1 saturated heterocycles. The van der Waals surface area contributed by atoms with Gasteiger partial charge in [0.15, 0.2) is 11.6 Å². The normalized spacial score (nSPS) is 19.6. The third-order valence-electron chi connectivity index (χ3n) is 5.29. The lowest BCUT2D eigenvalue weighted by atomic mass is 9.80. The molecule has 0 saturated carbocycles. The highest BCUT2D eigenvalue weighted by atomic mass is 16.7. The molecule has 1 atom stereocenters. The minimum absolute atomic E-state index is 0.222. The third-order valence-corrected chi connectivity index (χ3v) is 5.29. The van der Waals surface area contributed by atoms with E-state index in [1.54, 1.807) is 6.20 Å². The smallest absolute Gasteiger partial charge is 0.481 e. The van der Waals surface area contributed by atoms with Gasteiger partial charge in [-0.3, -0.25) is 4.68 Å². The summed E-state index contributed by atoms with van der Waals surface area (Å²) in [5.74, 6) is 0.835. The first-order valence-electron chi connectivity index (χ1n) is 8.78. The molecule has 3 rings (SSSR count). The summed E-state index contributed by atoms with van der Waals surface area (Å²) in [7, 11) is 1.38. The number of aromatic nitrogens is 3. The Bertz CT molecular complexity index is 783. The summed E-state index contributed by atoms with van der Waals surface area (Å²) in [4.78, 5) is 4.27. The first-order valence-corrected chi connectivity index (χ1v) is 8.78. The average Bonchev–Trinajstić information content (AvgIpc) is 2.97. The van der Waals surface area contributed by atoms with Gasteiger partial charge in [0.1, 0.15) is 6.10 Å². The molecule has 1 fully saturated rings. The summed E-state index contributed by atoms with van der Waals surface area (Å²) in [6.45, 7) is 12.0. The molecule has 2 aromatic rings. The maximum atomic E-state index is 6.10. The van der Waals surface area contributed by atoms with Crippen LogP contribution in [-0.2, 0) is 16.4 Å². The average molecular weight is 358 g/mol. The van der Waals surface area contributed by atoms with E-state index in [1.807, 2.05) is 65.5 Å². The SMILES string of the molecule is Cc1cnn(C)c1C(C)Oc1cc(B2OC(C)(C)C(C)(C)O2)cnc1N. The molecule has 140 valence electrons.